The summed E-state index contributed by atoms with van der Waals surface area (Å²) in [6.45, 7) is 7.97. The van der Waals surface area contributed by atoms with Crippen LogP contribution in [0.3, 0.4) is 0 Å². The Morgan fingerprint density at radius 3 is 2.50 bits per heavy atom. The predicted octanol–water partition coefficient (Wildman–Crippen LogP) is 3.05. The second-order valence-electron chi connectivity index (χ2n) is 7.33. The molecule has 1 N–H and O–H groups in total. The smallest absolute Gasteiger partial charge is 0.240 e. The zero-order chi connectivity index (χ0) is 22.3. The summed E-state index contributed by atoms with van der Waals surface area (Å²) in [4.78, 5) is 12.4. The van der Waals surface area contributed by atoms with Crippen molar-refractivity contribution >= 4 is 21.6 Å². The fraction of sp³-hybridized carbons (Fsp3) is 0.409. The van der Waals surface area contributed by atoms with Crippen molar-refractivity contribution in [2.75, 3.05) is 30.3 Å². The van der Waals surface area contributed by atoms with Crippen molar-refractivity contribution in [3.8, 4) is 11.5 Å². The molecule has 0 aromatic heterocycles. The van der Waals surface area contributed by atoms with Gasteiger partial charge in [-0.2, -0.15) is 0 Å². The second kappa shape index (κ2) is 10.3. The van der Waals surface area contributed by atoms with Gasteiger partial charge in [-0.1, -0.05) is 18.2 Å². The van der Waals surface area contributed by atoms with Crippen LogP contribution >= 0.6 is 0 Å². The van der Waals surface area contributed by atoms with Crippen LogP contribution in [0.2, 0.25) is 0 Å². The molecule has 7 nitrogen and oxygen atoms in total. The topological polar surface area (TPSA) is 84.9 Å². The first kappa shape index (κ1) is 23.5. The molecule has 0 bridgehead atoms. The third kappa shape index (κ3) is 6.95. The minimum Gasteiger partial charge on any atom is -0.491 e. The lowest BCUT2D eigenvalue weighted by molar-refractivity contribution is -0.119. The Labute approximate surface area is 179 Å². The van der Waals surface area contributed by atoms with Gasteiger partial charge in [0.1, 0.15) is 24.7 Å². The normalized spacial score (nSPS) is 11.3. The van der Waals surface area contributed by atoms with Gasteiger partial charge in [0.05, 0.1) is 24.6 Å². The molecule has 0 atom stereocenters. The fourth-order valence-corrected chi connectivity index (χ4v) is 3.65. The lowest BCUT2D eigenvalue weighted by atomic mass is 10.1. The van der Waals surface area contributed by atoms with Crippen LogP contribution in [0.4, 0.5) is 5.69 Å². The Bertz CT molecular complexity index is 973. The van der Waals surface area contributed by atoms with E-state index < -0.39 is 15.9 Å². The largest absolute Gasteiger partial charge is 0.491 e. The highest BCUT2D eigenvalue weighted by Gasteiger charge is 2.21. The van der Waals surface area contributed by atoms with E-state index in [0.29, 0.717) is 11.4 Å². The number of carbonyl (C=O) groups is 1. The molecule has 8 heteroatoms. The molecule has 0 spiro atoms. The lowest BCUT2D eigenvalue weighted by Crippen LogP contribution is -2.41. The third-order valence-corrected chi connectivity index (χ3v) is 5.54. The van der Waals surface area contributed by atoms with Crippen molar-refractivity contribution in [2.24, 2.45) is 0 Å². The molecule has 164 valence electrons. The van der Waals surface area contributed by atoms with Gasteiger partial charge in [-0.05, 0) is 57.0 Å². The number of carbonyl (C=O) groups excluding carboxylic acids is 1. The van der Waals surface area contributed by atoms with E-state index in [1.54, 1.807) is 24.3 Å². The van der Waals surface area contributed by atoms with Crippen LogP contribution in [0.15, 0.2) is 42.5 Å². The first-order valence-electron chi connectivity index (χ1n) is 9.78. The van der Waals surface area contributed by atoms with Gasteiger partial charge in [0.15, 0.2) is 0 Å². The maximum absolute atomic E-state index is 12.4. The molecular formula is C22H30N2O5S. The summed E-state index contributed by atoms with van der Waals surface area (Å²) >= 11 is 0. The highest BCUT2D eigenvalue weighted by molar-refractivity contribution is 7.92. The highest BCUT2D eigenvalue weighted by Crippen LogP contribution is 2.24. The Morgan fingerprint density at radius 2 is 1.83 bits per heavy atom. The molecule has 2 aromatic rings. The molecule has 1 amide bonds. The summed E-state index contributed by atoms with van der Waals surface area (Å²) in [6.07, 6.45) is 1.02. The van der Waals surface area contributed by atoms with Crippen LogP contribution in [0.5, 0.6) is 11.5 Å². The zero-order valence-electron chi connectivity index (χ0n) is 18.1. The summed E-state index contributed by atoms with van der Waals surface area (Å²) < 4.78 is 36.9. The summed E-state index contributed by atoms with van der Waals surface area (Å²) in [5.74, 6) is 0.891. The molecule has 0 aliphatic carbocycles. The van der Waals surface area contributed by atoms with E-state index in [9.17, 15) is 13.2 Å². The average Bonchev–Trinajstić information content (AvgIpc) is 2.65. The van der Waals surface area contributed by atoms with Crippen LogP contribution in [0.25, 0.3) is 0 Å². The van der Waals surface area contributed by atoms with Crippen LogP contribution in [0, 0.1) is 13.8 Å². The molecule has 0 unspecified atom stereocenters. The maximum Gasteiger partial charge on any atom is 0.240 e. The van der Waals surface area contributed by atoms with Crippen molar-refractivity contribution in [1.29, 1.82) is 0 Å². The molecule has 2 rings (SSSR count). The Balaban J connectivity index is 1.97. The van der Waals surface area contributed by atoms with Gasteiger partial charge in [0.2, 0.25) is 15.9 Å². The summed E-state index contributed by atoms with van der Waals surface area (Å²) in [7, 11) is -3.66. The number of hydrogen-bond donors (Lipinski definition) is 1. The molecule has 0 aliphatic heterocycles. The molecule has 0 radical (unpaired) electrons. The zero-order valence-corrected chi connectivity index (χ0v) is 19.0. The number of amides is 1. The van der Waals surface area contributed by atoms with Gasteiger partial charge in [-0.15, -0.1) is 0 Å². The van der Waals surface area contributed by atoms with Crippen molar-refractivity contribution in [1.82, 2.24) is 5.32 Å². The Kier molecular flexibility index (Phi) is 8.11. The van der Waals surface area contributed by atoms with Crippen molar-refractivity contribution in [2.45, 2.75) is 33.8 Å². The number of benzene rings is 2. The number of nitrogens with one attached hydrogen (secondary N) is 1. The highest BCUT2D eigenvalue weighted by atomic mass is 32.2. The van der Waals surface area contributed by atoms with E-state index in [1.165, 1.54) is 0 Å². The van der Waals surface area contributed by atoms with Crippen molar-refractivity contribution in [3.63, 3.8) is 0 Å². The van der Waals surface area contributed by atoms with E-state index in [4.69, 9.17) is 9.47 Å². The third-order valence-electron chi connectivity index (χ3n) is 4.40. The number of rotatable bonds is 10. The van der Waals surface area contributed by atoms with Crippen LogP contribution in [0.1, 0.15) is 25.0 Å². The molecule has 2 aromatic carbocycles. The maximum atomic E-state index is 12.4. The van der Waals surface area contributed by atoms with E-state index in [2.05, 4.69) is 5.32 Å². The van der Waals surface area contributed by atoms with E-state index in [-0.39, 0.29) is 25.8 Å². The number of anilines is 1. The Hall–Kier alpha value is -2.74. The van der Waals surface area contributed by atoms with Gasteiger partial charge < -0.3 is 14.8 Å². The number of sulfonamides is 1. The summed E-state index contributed by atoms with van der Waals surface area (Å²) in [5, 5.41) is 2.70. The summed E-state index contributed by atoms with van der Waals surface area (Å²) in [5.41, 5.74) is 2.55. The minimum absolute atomic E-state index is 0.0488. The van der Waals surface area contributed by atoms with E-state index in [0.717, 1.165) is 27.4 Å². The fourth-order valence-electron chi connectivity index (χ4n) is 2.80. The first-order valence-corrected chi connectivity index (χ1v) is 11.6. The second-order valence-corrected chi connectivity index (χ2v) is 9.24. The van der Waals surface area contributed by atoms with Crippen LogP contribution in [-0.2, 0) is 14.8 Å². The van der Waals surface area contributed by atoms with Crippen molar-refractivity contribution in [3.05, 3.63) is 53.6 Å². The molecule has 0 heterocycles. The predicted molar refractivity (Wildman–Crippen MR) is 119 cm³/mol. The minimum atomic E-state index is -3.66. The first-order chi connectivity index (χ1) is 14.1. The lowest BCUT2D eigenvalue weighted by Gasteiger charge is -2.23. The summed E-state index contributed by atoms with van der Waals surface area (Å²) in [6, 6.07) is 12.5. The number of aryl methyl sites for hydroxylation is 1. The van der Waals surface area contributed by atoms with E-state index in [1.807, 2.05) is 45.9 Å². The molecule has 0 aliphatic rings. The number of ether oxygens (including phenoxy) is 2. The van der Waals surface area contributed by atoms with Gasteiger partial charge in [-0.25, -0.2) is 8.42 Å². The van der Waals surface area contributed by atoms with Crippen LogP contribution < -0.4 is 19.1 Å². The monoisotopic (exact) mass is 434 g/mol. The quantitative estimate of drug-likeness (QED) is 0.581. The van der Waals surface area contributed by atoms with Gasteiger partial charge in [0.25, 0.3) is 0 Å². The SMILES string of the molecule is Cc1cccc(OCCNC(=O)CN(c2cccc(OC(C)C)c2)S(C)(=O)=O)c1C. The molecule has 30 heavy (non-hydrogen) atoms. The molecular weight excluding hydrogens is 404 g/mol. The molecule has 0 fully saturated rings. The number of hydrogen-bond acceptors (Lipinski definition) is 5. The standard InChI is InChI=1S/C22H30N2O5S/c1-16(2)29-20-10-7-9-19(14-20)24(30(5,26)27)15-22(25)23-12-13-28-21-11-6-8-17(3)18(21)4/h6-11,14,16H,12-13,15H2,1-5H3,(H,23,25). The molecule has 0 saturated carbocycles. The number of nitrogens with zero attached hydrogens (tertiary/aromatic N) is 1. The Morgan fingerprint density at radius 1 is 1.13 bits per heavy atom. The van der Waals surface area contributed by atoms with Gasteiger partial charge in [0, 0.05) is 6.07 Å². The molecule has 0 saturated heterocycles. The van der Waals surface area contributed by atoms with Crippen LogP contribution in [-0.4, -0.2) is 46.4 Å². The van der Waals surface area contributed by atoms with Gasteiger partial charge >= 0.3 is 0 Å². The van der Waals surface area contributed by atoms with E-state index >= 15 is 0 Å². The average molecular weight is 435 g/mol. The van der Waals surface area contributed by atoms with Gasteiger partial charge in [-0.3, -0.25) is 9.10 Å². The van der Waals surface area contributed by atoms with Crippen molar-refractivity contribution < 1.29 is 22.7 Å².